The van der Waals surface area contributed by atoms with E-state index in [0.717, 1.165) is 12.3 Å². The molecule has 2 fully saturated rings. The summed E-state index contributed by atoms with van der Waals surface area (Å²) in [5.41, 5.74) is 0.0359. The molecule has 0 radical (unpaired) electrons. The molecule has 1 aromatic rings. The fraction of sp³-hybridized carbons (Fsp3) is 0.533. The first kappa shape index (κ1) is 13.1. The minimum atomic E-state index is -1.08. The summed E-state index contributed by atoms with van der Waals surface area (Å²) < 4.78 is 0. The maximum Gasteiger partial charge on any atom is 0.339 e. The third kappa shape index (κ3) is 2.53. The number of nitrogens with zero attached hydrogens (tertiary/aromatic N) is 1. The molecule has 0 aliphatic heterocycles. The van der Waals surface area contributed by atoms with E-state index in [-0.39, 0.29) is 17.3 Å². The molecule has 2 aliphatic carbocycles. The van der Waals surface area contributed by atoms with Crippen LogP contribution in [0.2, 0.25) is 0 Å². The van der Waals surface area contributed by atoms with Gasteiger partial charge in [0.25, 0.3) is 0 Å². The Balaban J connectivity index is 1.63. The van der Waals surface area contributed by atoms with E-state index in [4.69, 9.17) is 5.11 Å². The van der Waals surface area contributed by atoms with Gasteiger partial charge in [-0.05, 0) is 49.1 Å². The zero-order valence-electron chi connectivity index (χ0n) is 11.2. The SMILES string of the molecule is O=C(CC1CC2CCC1C2)Nc1ncccc1C(=O)O. The first-order valence-electron chi connectivity index (χ1n) is 7.11. The van der Waals surface area contributed by atoms with Crippen LogP contribution in [0.3, 0.4) is 0 Å². The molecular formula is C15H18N2O3. The molecule has 3 unspecified atom stereocenters. The number of hydrogen-bond donors (Lipinski definition) is 2. The number of carboxylic acid groups (broad SMARTS) is 1. The Morgan fingerprint density at radius 1 is 1.35 bits per heavy atom. The second-order valence-electron chi connectivity index (χ2n) is 5.89. The summed E-state index contributed by atoms with van der Waals surface area (Å²) in [6, 6.07) is 3.00. The van der Waals surface area contributed by atoms with E-state index >= 15 is 0 Å². The number of fused-ring (bicyclic) bond motifs is 2. The van der Waals surface area contributed by atoms with E-state index in [2.05, 4.69) is 10.3 Å². The van der Waals surface area contributed by atoms with E-state index in [1.54, 1.807) is 6.07 Å². The van der Waals surface area contributed by atoms with Crippen LogP contribution in [0.25, 0.3) is 0 Å². The van der Waals surface area contributed by atoms with Gasteiger partial charge in [0.2, 0.25) is 5.91 Å². The van der Waals surface area contributed by atoms with E-state index in [0.29, 0.717) is 18.3 Å². The lowest BCUT2D eigenvalue weighted by molar-refractivity contribution is -0.117. The molecule has 1 heterocycles. The van der Waals surface area contributed by atoms with E-state index in [1.807, 2.05) is 0 Å². The van der Waals surface area contributed by atoms with Gasteiger partial charge in [0.15, 0.2) is 0 Å². The van der Waals surface area contributed by atoms with Crippen LogP contribution in [0.4, 0.5) is 5.82 Å². The maximum atomic E-state index is 12.1. The molecule has 2 saturated carbocycles. The van der Waals surface area contributed by atoms with Crippen LogP contribution >= 0.6 is 0 Å². The predicted octanol–water partition coefficient (Wildman–Crippen LogP) is 2.54. The smallest absolute Gasteiger partial charge is 0.339 e. The van der Waals surface area contributed by atoms with Crippen LogP contribution in [0.15, 0.2) is 18.3 Å². The minimum Gasteiger partial charge on any atom is -0.478 e. The number of amides is 1. The highest BCUT2D eigenvalue weighted by Crippen LogP contribution is 2.49. The van der Waals surface area contributed by atoms with Crippen molar-refractivity contribution in [2.75, 3.05) is 5.32 Å². The van der Waals surface area contributed by atoms with Gasteiger partial charge in [-0.3, -0.25) is 4.79 Å². The van der Waals surface area contributed by atoms with Crippen LogP contribution in [0.1, 0.15) is 42.5 Å². The van der Waals surface area contributed by atoms with Crippen LogP contribution in [0, 0.1) is 17.8 Å². The molecule has 5 nitrogen and oxygen atoms in total. The molecule has 1 amide bonds. The highest BCUT2D eigenvalue weighted by molar-refractivity contribution is 5.99. The van der Waals surface area contributed by atoms with Crippen molar-refractivity contribution in [2.24, 2.45) is 17.8 Å². The molecule has 3 atom stereocenters. The maximum absolute atomic E-state index is 12.1. The van der Waals surface area contributed by atoms with Gasteiger partial charge < -0.3 is 10.4 Å². The molecular weight excluding hydrogens is 256 g/mol. The monoisotopic (exact) mass is 274 g/mol. The molecule has 106 valence electrons. The Morgan fingerprint density at radius 2 is 2.20 bits per heavy atom. The van der Waals surface area contributed by atoms with Crippen molar-refractivity contribution in [3.05, 3.63) is 23.9 Å². The quantitative estimate of drug-likeness (QED) is 0.884. The highest BCUT2D eigenvalue weighted by Gasteiger charge is 2.40. The van der Waals surface area contributed by atoms with Crippen molar-refractivity contribution in [1.82, 2.24) is 4.98 Å². The van der Waals surface area contributed by atoms with Gasteiger partial charge in [-0.1, -0.05) is 6.42 Å². The summed E-state index contributed by atoms with van der Waals surface area (Å²) in [6.45, 7) is 0. The average Bonchev–Trinajstić information content (AvgIpc) is 3.01. The molecule has 0 spiro atoms. The second-order valence-corrected chi connectivity index (χ2v) is 5.89. The number of aromatic carboxylic acids is 1. The number of pyridine rings is 1. The molecule has 1 aromatic heterocycles. The fourth-order valence-electron chi connectivity index (χ4n) is 3.73. The summed E-state index contributed by atoms with van der Waals surface area (Å²) in [5, 5.41) is 11.7. The number of rotatable bonds is 4. The standard InChI is InChI=1S/C15H18N2O3/c18-13(8-11-7-9-3-4-10(11)6-9)17-14-12(15(19)20)2-1-5-16-14/h1-2,5,9-11H,3-4,6-8H2,(H,19,20)(H,16,17,18). The third-order valence-corrected chi connectivity index (χ3v) is 4.63. The zero-order valence-corrected chi connectivity index (χ0v) is 11.2. The molecule has 0 aromatic carbocycles. The summed E-state index contributed by atoms with van der Waals surface area (Å²) in [6.07, 6.45) is 6.93. The summed E-state index contributed by atoms with van der Waals surface area (Å²) in [7, 11) is 0. The van der Waals surface area contributed by atoms with Crippen molar-refractivity contribution in [3.63, 3.8) is 0 Å². The Morgan fingerprint density at radius 3 is 2.85 bits per heavy atom. The second kappa shape index (κ2) is 5.23. The fourth-order valence-corrected chi connectivity index (χ4v) is 3.73. The van der Waals surface area contributed by atoms with Gasteiger partial charge >= 0.3 is 5.97 Å². The number of carboxylic acids is 1. The molecule has 3 rings (SSSR count). The van der Waals surface area contributed by atoms with Gasteiger partial charge in [0.05, 0.1) is 0 Å². The number of carbonyl (C=O) groups is 2. The number of carbonyl (C=O) groups excluding carboxylic acids is 1. The summed E-state index contributed by atoms with van der Waals surface area (Å²) in [5.74, 6) is 0.909. The normalized spacial score (nSPS) is 27.5. The molecule has 2 N–H and O–H groups in total. The van der Waals surface area contributed by atoms with Crippen LogP contribution in [0.5, 0.6) is 0 Å². The van der Waals surface area contributed by atoms with Crippen LogP contribution < -0.4 is 5.32 Å². The summed E-state index contributed by atoms with van der Waals surface area (Å²) >= 11 is 0. The van der Waals surface area contributed by atoms with Gasteiger partial charge in [-0.2, -0.15) is 0 Å². The van der Waals surface area contributed by atoms with E-state index in [9.17, 15) is 9.59 Å². The van der Waals surface area contributed by atoms with Crippen molar-refractivity contribution in [2.45, 2.75) is 32.1 Å². The zero-order chi connectivity index (χ0) is 14.1. The molecule has 2 aliphatic rings. The Labute approximate surface area is 117 Å². The Hall–Kier alpha value is -1.91. The number of aromatic nitrogens is 1. The molecule has 2 bridgehead atoms. The molecule has 0 saturated heterocycles. The van der Waals surface area contributed by atoms with Crippen molar-refractivity contribution in [1.29, 1.82) is 0 Å². The van der Waals surface area contributed by atoms with E-state index in [1.165, 1.54) is 31.5 Å². The van der Waals surface area contributed by atoms with Crippen molar-refractivity contribution < 1.29 is 14.7 Å². The highest BCUT2D eigenvalue weighted by atomic mass is 16.4. The largest absolute Gasteiger partial charge is 0.478 e. The number of anilines is 1. The first-order chi connectivity index (χ1) is 9.63. The van der Waals surface area contributed by atoms with Crippen molar-refractivity contribution in [3.8, 4) is 0 Å². The van der Waals surface area contributed by atoms with Gasteiger partial charge in [0.1, 0.15) is 11.4 Å². The predicted molar refractivity (Wildman–Crippen MR) is 73.4 cm³/mol. The lowest BCUT2D eigenvalue weighted by Gasteiger charge is -2.20. The van der Waals surface area contributed by atoms with Gasteiger partial charge in [0, 0.05) is 12.6 Å². The average molecular weight is 274 g/mol. The minimum absolute atomic E-state index is 0.0359. The molecule has 5 heteroatoms. The van der Waals surface area contributed by atoms with Crippen molar-refractivity contribution >= 4 is 17.7 Å². The van der Waals surface area contributed by atoms with Gasteiger partial charge in [-0.15, -0.1) is 0 Å². The molecule has 20 heavy (non-hydrogen) atoms. The summed E-state index contributed by atoms with van der Waals surface area (Å²) in [4.78, 5) is 27.1. The Kier molecular flexibility index (Phi) is 3.42. The topological polar surface area (TPSA) is 79.3 Å². The first-order valence-corrected chi connectivity index (χ1v) is 7.11. The van der Waals surface area contributed by atoms with Gasteiger partial charge in [-0.25, -0.2) is 9.78 Å². The van der Waals surface area contributed by atoms with Crippen LogP contribution in [-0.2, 0) is 4.79 Å². The lowest BCUT2D eigenvalue weighted by Crippen LogP contribution is -2.21. The Bertz CT molecular complexity index is 544. The van der Waals surface area contributed by atoms with E-state index < -0.39 is 5.97 Å². The van der Waals surface area contributed by atoms with Crippen LogP contribution in [-0.4, -0.2) is 22.0 Å². The third-order valence-electron chi connectivity index (χ3n) is 4.63. The lowest BCUT2D eigenvalue weighted by atomic mass is 9.86. The number of nitrogens with one attached hydrogen (secondary N) is 1. The number of hydrogen-bond acceptors (Lipinski definition) is 3.